The lowest BCUT2D eigenvalue weighted by Crippen LogP contribution is -2.46. The summed E-state index contributed by atoms with van der Waals surface area (Å²) in [5, 5.41) is 0. The number of fused-ring (bicyclic) bond motifs is 1. The van der Waals surface area contributed by atoms with Gasteiger partial charge in [-0.25, -0.2) is 8.42 Å². The maximum Gasteiger partial charge on any atom is 0.263 e. The number of carbonyl (C=O) groups is 1. The van der Waals surface area contributed by atoms with Crippen LogP contribution >= 0.6 is 0 Å². The zero-order valence-corrected chi connectivity index (χ0v) is 13.7. The minimum absolute atomic E-state index is 0.0612. The van der Waals surface area contributed by atoms with E-state index in [2.05, 4.69) is 9.71 Å². The lowest BCUT2D eigenvalue weighted by Gasteiger charge is -2.32. The largest absolute Gasteiger partial charge is 0.375 e. The number of hydrogen-bond acceptors (Lipinski definition) is 5. The molecule has 2 heterocycles. The molecule has 1 saturated heterocycles. The van der Waals surface area contributed by atoms with Crippen molar-refractivity contribution in [1.82, 2.24) is 9.62 Å². The number of amidine groups is 1. The maximum atomic E-state index is 12.3. The fourth-order valence-corrected chi connectivity index (χ4v) is 3.94. The second kappa shape index (κ2) is 6.29. The van der Waals surface area contributed by atoms with Crippen LogP contribution in [0.5, 0.6) is 0 Å². The van der Waals surface area contributed by atoms with Gasteiger partial charge in [-0.15, -0.1) is 0 Å². The van der Waals surface area contributed by atoms with E-state index in [9.17, 15) is 13.2 Å². The van der Waals surface area contributed by atoms with Crippen molar-refractivity contribution in [2.75, 3.05) is 26.2 Å². The molecule has 1 amide bonds. The van der Waals surface area contributed by atoms with Crippen molar-refractivity contribution in [1.29, 1.82) is 0 Å². The Morgan fingerprint density at radius 1 is 1.43 bits per heavy atom. The van der Waals surface area contributed by atoms with Crippen LogP contribution in [0.15, 0.2) is 34.2 Å². The zero-order chi connectivity index (χ0) is 16.4. The van der Waals surface area contributed by atoms with Gasteiger partial charge in [0, 0.05) is 18.7 Å². The van der Waals surface area contributed by atoms with E-state index < -0.39 is 10.0 Å². The fourth-order valence-electron chi connectivity index (χ4n) is 2.69. The van der Waals surface area contributed by atoms with Crippen molar-refractivity contribution in [3.8, 4) is 0 Å². The molecule has 1 aromatic rings. The number of benzene rings is 1. The average Bonchev–Trinajstić information content (AvgIpc) is 2.84. The molecular formula is C15H19N3O4S. The molecule has 0 radical (unpaired) electrons. The van der Waals surface area contributed by atoms with Gasteiger partial charge in [0.05, 0.1) is 17.6 Å². The normalized spacial score (nSPS) is 24.3. The number of morpholine rings is 1. The first-order chi connectivity index (χ1) is 11.0. The molecule has 1 N–H and O–H groups in total. The standard InChI is InChI=1S/C15H19N3O4S/c1-2-11-10-18(7-8-22-11)14(19)9-16-15-12-5-3-4-6-13(12)23(20,21)17-15/h3-6,11H,2,7-10H2,1H3,(H,16,17)/t11-/m0/s1. The number of aliphatic imine (C=N–C) groups is 1. The van der Waals surface area contributed by atoms with E-state index in [1.54, 1.807) is 23.1 Å². The Labute approximate surface area is 135 Å². The highest BCUT2D eigenvalue weighted by molar-refractivity contribution is 7.90. The van der Waals surface area contributed by atoms with E-state index in [0.29, 0.717) is 25.3 Å². The molecule has 0 saturated carbocycles. The van der Waals surface area contributed by atoms with Gasteiger partial charge in [0.15, 0.2) is 0 Å². The molecule has 7 nitrogen and oxygen atoms in total. The third kappa shape index (κ3) is 3.23. The summed E-state index contributed by atoms with van der Waals surface area (Å²) in [6.45, 7) is 3.56. The predicted molar refractivity (Wildman–Crippen MR) is 84.8 cm³/mol. The number of amides is 1. The summed E-state index contributed by atoms with van der Waals surface area (Å²) in [5.41, 5.74) is 0.508. The monoisotopic (exact) mass is 337 g/mol. The van der Waals surface area contributed by atoms with Crippen LogP contribution in [-0.2, 0) is 19.6 Å². The van der Waals surface area contributed by atoms with Crippen LogP contribution in [-0.4, -0.2) is 57.4 Å². The second-order valence-electron chi connectivity index (χ2n) is 5.51. The lowest BCUT2D eigenvalue weighted by molar-refractivity contribution is -0.137. The number of nitrogens with one attached hydrogen (secondary N) is 1. The summed E-state index contributed by atoms with van der Waals surface area (Å²) in [7, 11) is -3.57. The van der Waals surface area contributed by atoms with Crippen LogP contribution in [0.3, 0.4) is 0 Å². The first-order valence-electron chi connectivity index (χ1n) is 7.57. The van der Waals surface area contributed by atoms with Crippen LogP contribution in [0.4, 0.5) is 0 Å². The van der Waals surface area contributed by atoms with E-state index in [-0.39, 0.29) is 29.3 Å². The van der Waals surface area contributed by atoms with Crippen LogP contribution < -0.4 is 4.72 Å². The molecule has 0 spiro atoms. The summed E-state index contributed by atoms with van der Waals surface area (Å²) in [6.07, 6.45) is 0.914. The van der Waals surface area contributed by atoms with Crippen molar-refractivity contribution in [2.24, 2.45) is 4.99 Å². The van der Waals surface area contributed by atoms with E-state index in [1.807, 2.05) is 6.92 Å². The molecule has 124 valence electrons. The molecular weight excluding hydrogens is 318 g/mol. The Morgan fingerprint density at radius 3 is 3.00 bits per heavy atom. The van der Waals surface area contributed by atoms with Gasteiger partial charge < -0.3 is 9.64 Å². The van der Waals surface area contributed by atoms with E-state index >= 15 is 0 Å². The minimum Gasteiger partial charge on any atom is -0.375 e. The molecule has 23 heavy (non-hydrogen) atoms. The topological polar surface area (TPSA) is 88.1 Å². The van der Waals surface area contributed by atoms with Gasteiger partial charge in [-0.05, 0) is 18.6 Å². The molecule has 0 bridgehead atoms. The molecule has 3 rings (SSSR count). The van der Waals surface area contributed by atoms with Crippen LogP contribution in [0.1, 0.15) is 18.9 Å². The van der Waals surface area contributed by atoms with Gasteiger partial charge in [-0.1, -0.05) is 19.1 Å². The first-order valence-corrected chi connectivity index (χ1v) is 9.05. The fraction of sp³-hybridized carbons (Fsp3) is 0.467. The molecule has 1 aromatic carbocycles. The zero-order valence-electron chi connectivity index (χ0n) is 12.9. The van der Waals surface area contributed by atoms with Gasteiger partial charge >= 0.3 is 0 Å². The number of sulfonamides is 1. The molecule has 2 aliphatic rings. The second-order valence-corrected chi connectivity index (χ2v) is 7.16. The number of carbonyl (C=O) groups excluding carboxylic acids is 1. The summed E-state index contributed by atoms with van der Waals surface area (Å²) in [4.78, 5) is 18.4. The number of rotatable bonds is 3. The van der Waals surface area contributed by atoms with E-state index in [0.717, 1.165) is 6.42 Å². The Morgan fingerprint density at radius 2 is 2.22 bits per heavy atom. The molecule has 8 heteroatoms. The van der Waals surface area contributed by atoms with E-state index in [4.69, 9.17) is 4.74 Å². The SMILES string of the molecule is CC[C@H]1CN(C(=O)CN=C2NS(=O)(=O)c3ccccc32)CCO1. The Bertz CT molecular complexity index is 745. The minimum atomic E-state index is -3.57. The van der Waals surface area contributed by atoms with Crippen molar-refractivity contribution >= 4 is 21.8 Å². The highest BCUT2D eigenvalue weighted by Gasteiger charge is 2.30. The molecule has 1 atom stereocenters. The highest BCUT2D eigenvalue weighted by atomic mass is 32.2. The van der Waals surface area contributed by atoms with Gasteiger partial charge in [-0.3, -0.25) is 14.5 Å². The molecule has 0 aromatic heterocycles. The molecule has 2 aliphatic heterocycles. The van der Waals surface area contributed by atoms with Gasteiger partial charge in [0.1, 0.15) is 12.4 Å². The number of hydrogen-bond donors (Lipinski definition) is 1. The third-order valence-corrected chi connectivity index (χ3v) is 5.38. The number of ether oxygens (including phenoxy) is 1. The van der Waals surface area contributed by atoms with Crippen LogP contribution in [0.2, 0.25) is 0 Å². The maximum absolute atomic E-state index is 12.3. The van der Waals surface area contributed by atoms with Crippen molar-refractivity contribution < 1.29 is 17.9 Å². The first kappa shape index (κ1) is 15.9. The predicted octanol–water partition coefficient (Wildman–Crippen LogP) is 0.363. The Kier molecular flexibility index (Phi) is 4.36. The van der Waals surface area contributed by atoms with Crippen molar-refractivity contribution in [3.05, 3.63) is 29.8 Å². The van der Waals surface area contributed by atoms with Gasteiger partial charge in [0.25, 0.3) is 10.0 Å². The summed E-state index contributed by atoms with van der Waals surface area (Å²) in [6, 6.07) is 6.60. The summed E-state index contributed by atoms with van der Waals surface area (Å²) >= 11 is 0. The van der Waals surface area contributed by atoms with Crippen molar-refractivity contribution in [3.63, 3.8) is 0 Å². The quantitative estimate of drug-likeness (QED) is 0.863. The van der Waals surface area contributed by atoms with Gasteiger partial charge in [-0.2, -0.15) is 0 Å². The Balaban J connectivity index is 1.73. The summed E-state index contributed by atoms with van der Waals surface area (Å²) < 4.78 is 31.9. The summed E-state index contributed by atoms with van der Waals surface area (Å²) in [5.74, 6) is 0.108. The van der Waals surface area contributed by atoms with Gasteiger partial charge in [0.2, 0.25) is 5.91 Å². The third-order valence-electron chi connectivity index (χ3n) is 3.98. The molecule has 0 aliphatic carbocycles. The molecule has 1 fully saturated rings. The lowest BCUT2D eigenvalue weighted by atomic mass is 10.2. The van der Waals surface area contributed by atoms with Crippen LogP contribution in [0.25, 0.3) is 0 Å². The highest BCUT2D eigenvalue weighted by Crippen LogP contribution is 2.22. The van der Waals surface area contributed by atoms with Crippen molar-refractivity contribution in [2.45, 2.75) is 24.3 Å². The smallest absolute Gasteiger partial charge is 0.263 e. The average molecular weight is 337 g/mol. The van der Waals surface area contributed by atoms with E-state index in [1.165, 1.54) is 6.07 Å². The van der Waals surface area contributed by atoms with Crippen LogP contribution in [0, 0.1) is 0 Å². The molecule has 0 unspecified atom stereocenters. The Hall–Kier alpha value is -1.93. The number of nitrogens with zero attached hydrogens (tertiary/aromatic N) is 2.